The maximum absolute atomic E-state index is 12.2. The number of ether oxygens (including phenoxy) is 2. The number of piperidine rings is 1. The van der Waals surface area contributed by atoms with E-state index in [9.17, 15) is 14.4 Å². The number of hydrogen-bond acceptors (Lipinski definition) is 7. The van der Waals surface area contributed by atoms with E-state index in [1.54, 1.807) is 22.4 Å². The summed E-state index contributed by atoms with van der Waals surface area (Å²) in [6.07, 6.45) is 5.62. The molecule has 1 saturated heterocycles. The van der Waals surface area contributed by atoms with Crippen molar-refractivity contribution in [3.63, 3.8) is 0 Å². The van der Waals surface area contributed by atoms with Crippen molar-refractivity contribution >= 4 is 51.8 Å². The van der Waals surface area contributed by atoms with E-state index in [1.165, 1.54) is 23.5 Å². The molecule has 0 radical (unpaired) electrons. The number of hydrogen-bond donors (Lipinski definition) is 0. The lowest BCUT2D eigenvalue weighted by Crippen LogP contribution is -2.42. The van der Waals surface area contributed by atoms with E-state index in [1.807, 2.05) is 5.38 Å². The molecule has 0 atom stereocenters. The lowest BCUT2D eigenvalue weighted by Gasteiger charge is -2.30. The van der Waals surface area contributed by atoms with Crippen LogP contribution in [0.1, 0.15) is 25.5 Å². The van der Waals surface area contributed by atoms with Crippen LogP contribution in [0.2, 0.25) is 5.15 Å². The quantitative estimate of drug-likeness (QED) is 0.521. The Morgan fingerprint density at radius 2 is 2.07 bits per heavy atom. The van der Waals surface area contributed by atoms with E-state index in [2.05, 4.69) is 4.98 Å². The molecule has 0 N–H and O–H groups in total. The predicted molar refractivity (Wildman–Crippen MR) is 104 cm³/mol. The Bertz CT molecular complexity index is 898. The van der Waals surface area contributed by atoms with Crippen LogP contribution in [0.15, 0.2) is 17.7 Å². The largest absolute Gasteiger partial charge is 0.466 e. The number of carbonyl (C=O) groups is 3. The Labute approximate surface area is 170 Å². The number of carbonyl (C=O) groups excluding carboxylic acids is 3. The van der Waals surface area contributed by atoms with Gasteiger partial charge >= 0.3 is 11.9 Å². The molecule has 1 aliphatic heterocycles. The van der Waals surface area contributed by atoms with Crippen molar-refractivity contribution in [3.8, 4) is 0 Å². The third kappa shape index (κ3) is 4.71. The Balaban J connectivity index is 1.46. The molecule has 3 heterocycles. The number of imidazole rings is 1. The molecule has 0 aliphatic carbocycles. The smallest absolute Gasteiger partial charge is 0.331 e. The number of esters is 2. The second kappa shape index (κ2) is 9.20. The molecular weight excluding hydrogens is 406 g/mol. The summed E-state index contributed by atoms with van der Waals surface area (Å²) in [7, 11) is 0. The Kier molecular flexibility index (Phi) is 6.69. The van der Waals surface area contributed by atoms with Gasteiger partial charge in [0.25, 0.3) is 5.91 Å². The molecule has 0 aromatic carbocycles. The first kappa shape index (κ1) is 20.3. The highest BCUT2D eigenvalue weighted by atomic mass is 35.5. The van der Waals surface area contributed by atoms with Gasteiger partial charge in [-0.25, -0.2) is 9.78 Å². The van der Waals surface area contributed by atoms with Crippen molar-refractivity contribution in [2.24, 2.45) is 5.92 Å². The standard InChI is InChI=1S/C18H20ClN3O5S/c1-2-26-17(25)12-5-7-21(8-6-12)14(23)11-27-15(24)4-3-13-16(19)20-18-22(13)9-10-28-18/h3-4,9-10,12H,2,5-8,11H2,1H3/b4-3+. The predicted octanol–water partition coefficient (Wildman–Crippen LogP) is 2.41. The maximum Gasteiger partial charge on any atom is 0.331 e. The summed E-state index contributed by atoms with van der Waals surface area (Å²) >= 11 is 7.48. The third-order valence-electron chi connectivity index (χ3n) is 4.44. The zero-order valence-electron chi connectivity index (χ0n) is 15.3. The van der Waals surface area contributed by atoms with Crippen LogP contribution in [-0.4, -0.2) is 58.4 Å². The summed E-state index contributed by atoms with van der Waals surface area (Å²) in [5.74, 6) is -1.32. The number of thiazole rings is 1. The van der Waals surface area contributed by atoms with Gasteiger partial charge in [0.1, 0.15) is 0 Å². The topological polar surface area (TPSA) is 90.2 Å². The van der Waals surface area contributed by atoms with Crippen LogP contribution in [0.5, 0.6) is 0 Å². The maximum atomic E-state index is 12.2. The van der Waals surface area contributed by atoms with Gasteiger partial charge < -0.3 is 14.4 Å². The molecule has 1 fully saturated rings. The Morgan fingerprint density at radius 3 is 2.79 bits per heavy atom. The molecule has 10 heteroatoms. The fourth-order valence-corrected chi connectivity index (χ4v) is 3.98. The van der Waals surface area contributed by atoms with Crippen LogP contribution in [0.25, 0.3) is 11.0 Å². The molecule has 2 aromatic rings. The van der Waals surface area contributed by atoms with E-state index in [4.69, 9.17) is 21.1 Å². The van der Waals surface area contributed by atoms with Crippen LogP contribution in [0.4, 0.5) is 0 Å². The SMILES string of the molecule is CCOC(=O)C1CCN(C(=O)COC(=O)/C=C/c2c(Cl)nc3sccn23)CC1. The highest BCUT2D eigenvalue weighted by Crippen LogP contribution is 2.22. The average Bonchev–Trinajstić information content (AvgIpc) is 3.25. The fourth-order valence-electron chi connectivity index (χ4n) is 2.97. The highest BCUT2D eigenvalue weighted by molar-refractivity contribution is 7.15. The minimum absolute atomic E-state index is 0.177. The second-order valence-electron chi connectivity index (χ2n) is 6.19. The lowest BCUT2D eigenvalue weighted by atomic mass is 9.97. The minimum atomic E-state index is -0.643. The van der Waals surface area contributed by atoms with Gasteiger partial charge in [-0.05, 0) is 25.8 Å². The van der Waals surface area contributed by atoms with E-state index in [0.29, 0.717) is 38.2 Å². The summed E-state index contributed by atoms with van der Waals surface area (Å²) in [6, 6.07) is 0. The number of nitrogens with zero attached hydrogens (tertiary/aromatic N) is 3. The fraction of sp³-hybridized carbons (Fsp3) is 0.444. The molecule has 3 rings (SSSR count). The van der Waals surface area contributed by atoms with Crippen molar-refractivity contribution in [2.75, 3.05) is 26.3 Å². The van der Waals surface area contributed by atoms with Crippen molar-refractivity contribution in [3.05, 3.63) is 28.5 Å². The summed E-state index contributed by atoms with van der Waals surface area (Å²) in [5, 5.41) is 2.15. The van der Waals surface area contributed by atoms with Gasteiger partial charge in [-0.3, -0.25) is 14.0 Å². The first-order valence-electron chi connectivity index (χ1n) is 8.90. The molecule has 1 amide bonds. The van der Waals surface area contributed by atoms with Crippen LogP contribution in [0, 0.1) is 5.92 Å². The first-order chi connectivity index (χ1) is 13.5. The van der Waals surface area contributed by atoms with Crippen LogP contribution < -0.4 is 0 Å². The van der Waals surface area contributed by atoms with E-state index >= 15 is 0 Å². The summed E-state index contributed by atoms with van der Waals surface area (Å²) in [6.45, 7) is 2.66. The number of fused-ring (bicyclic) bond motifs is 1. The monoisotopic (exact) mass is 425 g/mol. The Hall–Kier alpha value is -2.39. The lowest BCUT2D eigenvalue weighted by molar-refractivity contribution is -0.153. The molecule has 1 aliphatic rings. The van der Waals surface area contributed by atoms with Crippen molar-refractivity contribution in [1.29, 1.82) is 0 Å². The van der Waals surface area contributed by atoms with Gasteiger partial charge in [-0.1, -0.05) is 11.6 Å². The van der Waals surface area contributed by atoms with E-state index in [0.717, 1.165) is 4.96 Å². The Morgan fingerprint density at radius 1 is 1.32 bits per heavy atom. The number of likely N-dealkylation sites (tertiary alicyclic amines) is 1. The van der Waals surface area contributed by atoms with Crippen LogP contribution >= 0.6 is 22.9 Å². The number of rotatable bonds is 6. The zero-order chi connectivity index (χ0) is 20.1. The summed E-state index contributed by atoms with van der Waals surface area (Å²) in [5.41, 5.74) is 0.572. The van der Waals surface area contributed by atoms with Crippen molar-refractivity contribution in [1.82, 2.24) is 14.3 Å². The molecule has 0 spiro atoms. The molecule has 0 unspecified atom stereocenters. The number of aromatic nitrogens is 2. The normalized spacial score (nSPS) is 15.3. The van der Waals surface area contributed by atoms with Gasteiger partial charge in [0, 0.05) is 30.7 Å². The van der Waals surface area contributed by atoms with Crippen molar-refractivity contribution < 1.29 is 23.9 Å². The molecular formula is C18H20ClN3O5S. The minimum Gasteiger partial charge on any atom is -0.466 e. The van der Waals surface area contributed by atoms with Gasteiger partial charge in [0.15, 0.2) is 16.7 Å². The van der Waals surface area contributed by atoms with Gasteiger partial charge in [0.05, 0.1) is 18.2 Å². The van der Waals surface area contributed by atoms with E-state index in [-0.39, 0.29) is 29.6 Å². The zero-order valence-corrected chi connectivity index (χ0v) is 16.9. The van der Waals surface area contributed by atoms with Gasteiger partial charge in [-0.15, -0.1) is 11.3 Å². The summed E-state index contributed by atoms with van der Waals surface area (Å²) in [4.78, 5) is 42.3. The average molecular weight is 426 g/mol. The molecule has 150 valence electrons. The molecule has 0 saturated carbocycles. The number of amides is 1. The third-order valence-corrected chi connectivity index (χ3v) is 5.47. The van der Waals surface area contributed by atoms with E-state index < -0.39 is 5.97 Å². The van der Waals surface area contributed by atoms with Gasteiger partial charge in [-0.2, -0.15) is 0 Å². The molecule has 0 bridgehead atoms. The molecule has 8 nitrogen and oxygen atoms in total. The number of halogens is 1. The molecule has 28 heavy (non-hydrogen) atoms. The van der Waals surface area contributed by atoms with Crippen molar-refractivity contribution in [2.45, 2.75) is 19.8 Å². The first-order valence-corrected chi connectivity index (χ1v) is 10.2. The summed E-state index contributed by atoms with van der Waals surface area (Å²) < 4.78 is 11.8. The van der Waals surface area contributed by atoms with Crippen LogP contribution in [0.3, 0.4) is 0 Å². The van der Waals surface area contributed by atoms with Gasteiger partial charge in [0.2, 0.25) is 0 Å². The molecule has 2 aromatic heterocycles. The van der Waals surface area contributed by atoms with Crippen LogP contribution in [-0.2, 0) is 23.9 Å². The second-order valence-corrected chi connectivity index (χ2v) is 7.42. The highest BCUT2D eigenvalue weighted by Gasteiger charge is 2.28.